The molecule has 1 amide bonds. The third-order valence-corrected chi connectivity index (χ3v) is 8.69. The van der Waals surface area contributed by atoms with Crippen molar-refractivity contribution in [1.82, 2.24) is 5.32 Å². The number of rotatable bonds is 31. The number of hydrogen-bond acceptors (Lipinski definition) is 5. The molecule has 3 unspecified atom stereocenters. The van der Waals surface area contributed by atoms with E-state index in [-0.39, 0.29) is 6.42 Å². The third kappa shape index (κ3) is 29.2. The molecule has 0 aliphatic rings. The summed E-state index contributed by atoms with van der Waals surface area (Å²) in [5.41, 5.74) is 0. The molecule has 0 bridgehead atoms. The first-order valence-electron chi connectivity index (χ1n) is 17.8. The Morgan fingerprint density at radius 1 is 0.614 bits per heavy atom. The lowest BCUT2D eigenvalue weighted by Crippen LogP contribution is -2.50. The lowest BCUT2D eigenvalue weighted by Gasteiger charge is -2.22. The second-order valence-electron chi connectivity index (χ2n) is 12.3. The van der Waals surface area contributed by atoms with E-state index in [1.165, 1.54) is 89.5 Å². The highest BCUT2D eigenvalue weighted by Crippen LogP contribution is 2.13. The second-order valence-corrected chi connectivity index (χ2v) is 13.8. The lowest BCUT2D eigenvalue weighted by molar-refractivity contribution is -0.130. The van der Waals surface area contributed by atoms with Crippen LogP contribution in [0.4, 0.5) is 0 Å². The van der Waals surface area contributed by atoms with Gasteiger partial charge in [0.2, 0.25) is 5.91 Å². The topological polar surface area (TPSA) is 124 Å². The number of aliphatic hydroxyl groups is 2. The average molecular weight is 642 g/mol. The highest BCUT2D eigenvalue weighted by atomic mass is 32.2. The molecular formula is C36H67NO6S. The molecule has 0 aromatic carbocycles. The van der Waals surface area contributed by atoms with Crippen molar-refractivity contribution in [1.29, 1.82) is 0 Å². The van der Waals surface area contributed by atoms with Crippen molar-refractivity contribution in [3.63, 3.8) is 0 Å². The first kappa shape index (κ1) is 42.5. The maximum Gasteiger partial charge on any atom is 0.267 e. The summed E-state index contributed by atoms with van der Waals surface area (Å²) in [7, 11) is -4.45. The second kappa shape index (κ2) is 30.2. The highest BCUT2D eigenvalue weighted by molar-refractivity contribution is 7.85. The van der Waals surface area contributed by atoms with Crippen LogP contribution in [0.5, 0.6) is 0 Å². The normalized spacial score (nSPS) is 14.6. The maximum atomic E-state index is 12.5. The van der Waals surface area contributed by atoms with Gasteiger partial charge in [0.15, 0.2) is 0 Å². The summed E-state index contributed by atoms with van der Waals surface area (Å²) >= 11 is 0. The Bertz CT molecular complexity index is 855. The summed E-state index contributed by atoms with van der Waals surface area (Å²) < 4.78 is 32.3. The average Bonchev–Trinajstić information content (AvgIpc) is 2.98. The van der Waals surface area contributed by atoms with Crippen molar-refractivity contribution >= 4 is 16.0 Å². The van der Waals surface area contributed by atoms with Crippen molar-refractivity contribution in [2.45, 2.75) is 180 Å². The van der Waals surface area contributed by atoms with E-state index in [0.29, 0.717) is 12.8 Å². The van der Waals surface area contributed by atoms with Crippen molar-refractivity contribution < 1.29 is 28.0 Å². The quantitative estimate of drug-likeness (QED) is 0.0341. The van der Waals surface area contributed by atoms with Crippen molar-refractivity contribution in [3.8, 4) is 0 Å². The minimum absolute atomic E-state index is 0.272. The molecule has 0 spiro atoms. The molecule has 7 nitrogen and oxygen atoms in total. The number of carbonyl (C=O) groups excluding carboxylic acids is 1. The standard InChI is InChI=1S/C36H67NO6S/c1-3-5-7-9-11-13-15-16-17-18-19-21-22-24-26-28-30-34(38)33(32-44(41,42)43)37-36(40)35(39)31-29-27-25-23-20-14-12-10-8-6-4-2/h16-17,21-22,28,30,33-35,38-39H,3-15,18-20,23-27,29,31-32H2,1-2H3,(H,37,40)(H,41,42,43)/b17-16+,22-21+,30-28+. The van der Waals surface area contributed by atoms with Gasteiger partial charge in [-0.15, -0.1) is 0 Å². The third-order valence-electron chi connectivity index (χ3n) is 7.90. The largest absolute Gasteiger partial charge is 0.387 e. The van der Waals surface area contributed by atoms with E-state index >= 15 is 0 Å². The summed E-state index contributed by atoms with van der Waals surface area (Å²) in [6.07, 6.45) is 34.9. The van der Waals surface area contributed by atoms with Crippen molar-refractivity contribution in [2.24, 2.45) is 0 Å². The molecule has 44 heavy (non-hydrogen) atoms. The van der Waals surface area contributed by atoms with Gasteiger partial charge in [0.1, 0.15) is 6.10 Å². The van der Waals surface area contributed by atoms with E-state index in [9.17, 15) is 28.0 Å². The Morgan fingerprint density at radius 2 is 1.02 bits per heavy atom. The molecular weight excluding hydrogens is 574 g/mol. The van der Waals surface area contributed by atoms with E-state index < -0.39 is 40.0 Å². The van der Waals surface area contributed by atoms with Crippen LogP contribution < -0.4 is 5.32 Å². The zero-order chi connectivity index (χ0) is 32.7. The van der Waals surface area contributed by atoms with Gasteiger partial charge in [0.05, 0.1) is 17.9 Å². The van der Waals surface area contributed by atoms with Crippen LogP contribution in [0.2, 0.25) is 0 Å². The fourth-order valence-corrected chi connectivity index (χ4v) is 5.87. The Kier molecular flexibility index (Phi) is 29.2. The molecule has 0 saturated carbocycles. The zero-order valence-corrected chi connectivity index (χ0v) is 29.0. The van der Waals surface area contributed by atoms with Crippen LogP contribution >= 0.6 is 0 Å². The SMILES string of the molecule is CCCCCCCC/C=C/CC/C=C/CC/C=C/C(O)C(CS(=O)(=O)O)NC(=O)C(O)CCCCCCCCCCCCC. The van der Waals surface area contributed by atoms with Gasteiger partial charge in [-0.1, -0.05) is 153 Å². The Hall–Kier alpha value is -1.48. The minimum atomic E-state index is -4.45. The summed E-state index contributed by atoms with van der Waals surface area (Å²) in [4.78, 5) is 12.5. The van der Waals surface area contributed by atoms with E-state index in [1.807, 2.05) is 0 Å². The maximum absolute atomic E-state index is 12.5. The fourth-order valence-electron chi connectivity index (χ4n) is 5.13. The Balaban J connectivity index is 4.24. The minimum Gasteiger partial charge on any atom is -0.387 e. The van der Waals surface area contributed by atoms with Crippen LogP contribution in [0.3, 0.4) is 0 Å². The van der Waals surface area contributed by atoms with Gasteiger partial charge in [-0.2, -0.15) is 8.42 Å². The van der Waals surface area contributed by atoms with E-state index in [1.54, 1.807) is 6.08 Å². The summed E-state index contributed by atoms with van der Waals surface area (Å²) in [5.74, 6) is -1.57. The van der Waals surface area contributed by atoms with Gasteiger partial charge in [-0.3, -0.25) is 9.35 Å². The van der Waals surface area contributed by atoms with Crippen LogP contribution in [0, 0.1) is 0 Å². The van der Waals surface area contributed by atoms with Gasteiger partial charge in [0.25, 0.3) is 10.1 Å². The Labute approximate surface area is 270 Å². The number of carbonyl (C=O) groups is 1. The van der Waals surface area contributed by atoms with Crippen LogP contribution in [-0.4, -0.2) is 53.1 Å². The van der Waals surface area contributed by atoms with Crippen LogP contribution in [-0.2, 0) is 14.9 Å². The lowest BCUT2D eigenvalue weighted by atomic mass is 10.0. The van der Waals surface area contributed by atoms with E-state index in [2.05, 4.69) is 43.5 Å². The highest BCUT2D eigenvalue weighted by Gasteiger charge is 2.27. The number of unbranched alkanes of at least 4 members (excludes halogenated alkanes) is 18. The molecule has 8 heteroatoms. The number of nitrogens with one attached hydrogen (secondary N) is 1. The molecule has 0 heterocycles. The molecule has 0 aromatic rings. The molecule has 3 atom stereocenters. The molecule has 0 aromatic heterocycles. The fraction of sp³-hybridized carbons (Fsp3) is 0.806. The van der Waals surface area contributed by atoms with Crippen LogP contribution in [0.15, 0.2) is 36.5 Å². The van der Waals surface area contributed by atoms with Gasteiger partial charge in [0, 0.05) is 0 Å². The summed E-state index contributed by atoms with van der Waals surface area (Å²) in [6, 6.07) is -1.25. The first-order valence-corrected chi connectivity index (χ1v) is 19.4. The summed E-state index contributed by atoms with van der Waals surface area (Å²) in [6.45, 7) is 4.46. The Morgan fingerprint density at radius 3 is 1.50 bits per heavy atom. The van der Waals surface area contributed by atoms with Gasteiger partial charge >= 0.3 is 0 Å². The first-order chi connectivity index (χ1) is 21.2. The predicted octanol–water partition coefficient (Wildman–Crippen LogP) is 8.76. The number of aliphatic hydroxyl groups excluding tert-OH is 2. The van der Waals surface area contributed by atoms with Gasteiger partial charge in [-0.25, -0.2) is 0 Å². The molecule has 0 aliphatic heterocycles. The van der Waals surface area contributed by atoms with Crippen molar-refractivity contribution in [2.75, 3.05) is 5.75 Å². The molecule has 258 valence electrons. The molecule has 0 radical (unpaired) electrons. The molecule has 0 fully saturated rings. The number of amides is 1. The summed E-state index contributed by atoms with van der Waals surface area (Å²) in [5, 5.41) is 23.2. The van der Waals surface area contributed by atoms with Gasteiger partial charge < -0.3 is 15.5 Å². The van der Waals surface area contributed by atoms with Crippen molar-refractivity contribution in [3.05, 3.63) is 36.5 Å². The monoisotopic (exact) mass is 641 g/mol. The number of allylic oxidation sites excluding steroid dienone is 5. The predicted molar refractivity (Wildman–Crippen MR) is 185 cm³/mol. The van der Waals surface area contributed by atoms with E-state index in [4.69, 9.17) is 0 Å². The zero-order valence-electron chi connectivity index (χ0n) is 28.1. The molecule has 0 aliphatic carbocycles. The smallest absolute Gasteiger partial charge is 0.267 e. The van der Waals surface area contributed by atoms with Crippen LogP contribution in [0.25, 0.3) is 0 Å². The van der Waals surface area contributed by atoms with E-state index in [0.717, 1.165) is 44.9 Å². The number of hydrogen-bond donors (Lipinski definition) is 4. The molecule has 0 saturated heterocycles. The molecule has 4 N–H and O–H groups in total. The van der Waals surface area contributed by atoms with Gasteiger partial charge in [-0.05, 0) is 44.9 Å². The molecule has 0 rings (SSSR count). The van der Waals surface area contributed by atoms with Crippen LogP contribution in [0.1, 0.15) is 162 Å².